The highest BCUT2D eigenvalue weighted by Gasteiger charge is 2.18. The molecule has 156 valence electrons. The van der Waals surface area contributed by atoms with Crippen LogP contribution < -0.4 is 10.2 Å². The Morgan fingerprint density at radius 1 is 1.16 bits per heavy atom. The normalized spacial score (nSPS) is 11.0. The van der Waals surface area contributed by atoms with Gasteiger partial charge in [0.25, 0.3) is 0 Å². The van der Waals surface area contributed by atoms with Gasteiger partial charge < -0.3 is 4.74 Å². The molecular formula is C23H19FN4O2S. The molecule has 0 fully saturated rings. The topological polar surface area (TPSA) is 68.5 Å². The third-order valence-corrected chi connectivity index (χ3v) is 5.27. The Bertz CT molecular complexity index is 1190. The molecule has 0 aliphatic carbocycles. The second-order valence-corrected chi connectivity index (χ2v) is 7.69. The average molecular weight is 434 g/mol. The van der Waals surface area contributed by atoms with Crippen LogP contribution in [0.2, 0.25) is 0 Å². The fraction of sp³-hybridized carbons (Fsp3) is 0.0870. The molecule has 2 heterocycles. The first-order chi connectivity index (χ1) is 15.1. The summed E-state index contributed by atoms with van der Waals surface area (Å²) in [6, 6.07) is 19.0. The summed E-state index contributed by atoms with van der Waals surface area (Å²) >= 11 is 1.52. The summed E-state index contributed by atoms with van der Waals surface area (Å²) in [7, 11) is 0. The van der Waals surface area contributed by atoms with Gasteiger partial charge in [-0.3, -0.25) is 4.79 Å². The SMILES string of the molecule is Cc1nn(-c2ccccc2)c(Oc2ccc(F)cc2)c1/C=N/NC(=O)Cc1cccs1. The lowest BCUT2D eigenvalue weighted by molar-refractivity contribution is -0.120. The number of nitrogens with zero attached hydrogens (tertiary/aromatic N) is 3. The van der Waals surface area contributed by atoms with Crippen molar-refractivity contribution in [3.8, 4) is 17.3 Å². The molecule has 4 aromatic rings. The number of carbonyl (C=O) groups excluding carboxylic acids is 1. The fourth-order valence-corrected chi connectivity index (χ4v) is 3.61. The first-order valence-corrected chi connectivity index (χ1v) is 10.4. The second kappa shape index (κ2) is 9.36. The van der Waals surface area contributed by atoms with Crippen molar-refractivity contribution < 1.29 is 13.9 Å². The molecule has 8 heteroatoms. The maximum Gasteiger partial charge on any atom is 0.245 e. The van der Waals surface area contributed by atoms with Gasteiger partial charge in [0.1, 0.15) is 11.6 Å². The van der Waals surface area contributed by atoms with Gasteiger partial charge in [0.15, 0.2) is 0 Å². The number of hydrazone groups is 1. The van der Waals surface area contributed by atoms with Crippen molar-refractivity contribution in [3.05, 3.63) is 94.1 Å². The van der Waals surface area contributed by atoms with Crippen molar-refractivity contribution >= 4 is 23.5 Å². The molecule has 2 aromatic carbocycles. The number of thiophene rings is 1. The van der Waals surface area contributed by atoms with Crippen LogP contribution in [0.25, 0.3) is 5.69 Å². The highest BCUT2D eigenvalue weighted by molar-refractivity contribution is 7.10. The molecule has 6 nitrogen and oxygen atoms in total. The van der Waals surface area contributed by atoms with E-state index in [-0.39, 0.29) is 18.1 Å². The van der Waals surface area contributed by atoms with Gasteiger partial charge in [-0.15, -0.1) is 11.3 Å². The Morgan fingerprint density at radius 2 is 1.94 bits per heavy atom. The Labute approximate surface area is 182 Å². The molecule has 0 unspecified atom stereocenters. The number of aryl methyl sites for hydroxylation is 1. The number of hydrogen-bond donors (Lipinski definition) is 1. The van der Waals surface area contributed by atoms with E-state index >= 15 is 0 Å². The number of benzene rings is 2. The van der Waals surface area contributed by atoms with Gasteiger partial charge in [-0.2, -0.15) is 14.9 Å². The highest BCUT2D eigenvalue weighted by atomic mass is 32.1. The number of halogens is 1. The van der Waals surface area contributed by atoms with Gasteiger partial charge in [-0.1, -0.05) is 24.3 Å². The molecule has 0 aliphatic heterocycles. The number of amides is 1. The zero-order valence-corrected chi connectivity index (χ0v) is 17.5. The van der Waals surface area contributed by atoms with Crippen molar-refractivity contribution in [1.82, 2.24) is 15.2 Å². The summed E-state index contributed by atoms with van der Waals surface area (Å²) in [5.74, 6) is 0.296. The number of hydrogen-bond acceptors (Lipinski definition) is 5. The van der Waals surface area contributed by atoms with E-state index in [0.29, 0.717) is 22.9 Å². The third-order valence-electron chi connectivity index (χ3n) is 4.39. The number of nitrogens with one attached hydrogen (secondary N) is 1. The van der Waals surface area contributed by atoms with E-state index in [2.05, 4.69) is 15.6 Å². The van der Waals surface area contributed by atoms with E-state index in [9.17, 15) is 9.18 Å². The van der Waals surface area contributed by atoms with Gasteiger partial charge in [-0.05, 0) is 54.8 Å². The van der Waals surface area contributed by atoms with Crippen molar-refractivity contribution in [2.24, 2.45) is 5.10 Å². The van der Waals surface area contributed by atoms with Crippen LogP contribution in [0.15, 0.2) is 77.2 Å². The second-order valence-electron chi connectivity index (χ2n) is 6.66. The lowest BCUT2D eigenvalue weighted by atomic mass is 10.2. The molecular weight excluding hydrogens is 415 g/mol. The number of aromatic nitrogens is 2. The maximum atomic E-state index is 13.3. The molecule has 31 heavy (non-hydrogen) atoms. The van der Waals surface area contributed by atoms with Gasteiger partial charge in [0.05, 0.1) is 29.6 Å². The van der Waals surface area contributed by atoms with Crippen LogP contribution >= 0.6 is 11.3 Å². The van der Waals surface area contributed by atoms with Crippen molar-refractivity contribution in [2.45, 2.75) is 13.3 Å². The monoisotopic (exact) mass is 434 g/mol. The molecule has 1 amide bonds. The Balaban J connectivity index is 1.62. The minimum Gasteiger partial charge on any atom is -0.438 e. The Kier molecular flexibility index (Phi) is 6.18. The maximum absolute atomic E-state index is 13.3. The molecule has 0 radical (unpaired) electrons. The number of rotatable bonds is 7. The first kappa shape index (κ1) is 20.5. The molecule has 0 bridgehead atoms. The van der Waals surface area contributed by atoms with E-state index in [0.717, 1.165) is 10.6 Å². The Hall–Kier alpha value is -3.78. The van der Waals surface area contributed by atoms with Crippen LogP contribution in [0.4, 0.5) is 4.39 Å². The van der Waals surface area contributed by atoms with E-state index < -0.39 is 0 Å². The van der Waals surface area contributed by atoms with Gasteiger partial charge in [-0.25, -0.2) is 9.82 Å². The van der Waals surface area contributed by atoms with Crippen LogP contribution in [0.1, 0.15) is 16.1 Å². The number of para-hydroxylation sites is 1. The zero-order valence-electron chi connectivity index (χ0n) is 16.7. The summed E-state index contributed by atoms with van der Waals surface area (Å²) in [4.78, 5) is 13.1. The summed E-state index contributed by atoms with van der Waals surface area (Å²) in [6.07, 6.45) is 1.77. The number of ether oxygens (including phenoxy) is 1. The molecule has 0 spiro atoms. The van der Waals surface area contributed by atoms with Crippen molar-refractivity contribution in [2.75, 3.05) is 0 Å². The smallest absolute Gasteiger partial charge is 0.245 e. The van der Waals surface area contributed by atoms with Crippen LogP contribution in [-0.4, -0.2) is 21.9 Å². The minimum atomic E-state index is -0.352. The molecule has 0 saturated heterocycles. The quantitative estimate of drug-likeness (QED) is 0.333. The highest BCUT2D eigenvalue weighted by Crippen LogP contribution is 2.29. The average Bonchev–Trinajstić information content (AvgIpc) is 3.39. The molecule has 2 aromatic heterocycles. The van der Waals surface area contributed by atoms with Crippen LogP contribution in [0.3, 0.4) is 0 Å². The van der Waals surface area contributed by atoms with E-state index in [1.54, 1.807) is 4.68 Å². The van der Waals surface area contributed by atoms with Gasteiger partial charge >= 0.3 is 0 Å². The van der Waals surface area contributed by atoms with E-state index in [1.165, 1.54) is 41.8 Å². The minimum absolute atomic E-state index is 0.215. The molecule has 0 saturated carbocycles. The predicted molar refractivity (Wildman–Crippen MR) is 119 cm³/mol. The van der Waals surface area contributed by atoms with Crippen LogP contribution in [-0.2, 0) is 11.2 Å². The van der Waals surface area contributed by atoms with Crippen LogP contribution in [0, 0.1) is 12.7 Å². The standard InChI is InChI=1S/C23H19FN4O2S/c1-16-21(15-25-26-22(29)14-20-8-5-13-31-20)23(30-19-11-9-17(24)10-12-19)28(27-16)18-6-3-2-4-7-18/h2-13,15H,14H2,1H3,(H,26,29)/b25-15+. The molecule has 4 rings (SSSR count). The Morgan fingerprint density at radius 3 is 2.65 bits per heavy atom. The summed E-state index contributed by atoms with van der Waals surface area (Å²) in [6.45, 7) is 1.83. The van der Waals surface area contributed by atoms with Crippen molar-refractivity contribution in [1.29, 1.82) is 0 Å². The summed E-state index contributed by atoms with van der Waals surface area (Å²) in [5.41, 5.74) is 4.60. The van der Waals surface area contributed by atoms with Gasteiger partial charge in [0.2, 0.25) is 11.8 Å². The number of carbonyl (C=O) groups is 1. The molecule has 0 atom stereocenters. The van der Waals surface area contributed by atoms with Gasteiger partial charge in [0, 0.05) is 4.88 Å². The predicted octanol–water partition coefficient (Wildman–Crippen LogP) is 4.87. The van der Waals surface area contributed by atoms with Crippen molar-refractivity contribution in [3.63, 3.8) is 0 Å². The van der Waals surface area contributed by atoms with E-state index in [1.807, 2.05) is 54.8 Å². The fourth-order valence-electron chi connectivity index (χ4n) is 2.90. The molecule has 0 aliphatic rings. The summed E-state index contributed by atoms with van der Waals surface area (Å²) < 4.78 is 21.0. The lowest BCUT2D eigenvalue weighted by Gasteiger charge is -2.10. The first-order valence-electron chi connectivity index (χ1n) is 9.53. The largest absolute Gasteiger partial charge is 0.438 e. The van der Waals surface area contributed by atoms with E-state index in [4.69, 9.17) is 4.74 Å². The lowest BCUT2D eigenvalue weighted by Crippen LogP contribution is -2.19. The molecule has 1 N–H and O–H groups in total. The van der Waals surface area contributed by atoms with Crippen LogP contribution in [0.5, 0.6) is 11.6 Å². The third kappa shape index (κ3) is 5.04. The zero-order chi connectivity index (χ0) is 21.6. The summed E-state index contributed by atoms with van der Waals surface area (Å²) in [5, 5.41) is 10.6.